The number of hydrogen-bond acceptors (Lipinski definition) is 6. The number of nitrogens with zero attached hydrogens (tertiary/aromatic N) is 4. The maximum atomic E-state index is 12.7. The number of fused-ring (bicyclic) bond motifs is 3. The van der Waals surface area contributed by atoms with Crippen LogP contribution in [-0.2, 0) is 10.8 Å². The molecule has 3 heterocycles. The second-order valence-electron chi connectivity index (χ2n) is 9.49. The van der Waals surface area contributed by atoms with Gasteiger partial charge in [0.1, 0.15) is 0 Å². The van der Waals surface area contributed by atoms with Gasteiger partial charge in [0.2, 0.25) is 5.95 Å². The molecule has 0 radical (unpaired) electrons. The molecule has 1 aromatic heterocycles. The Bertz CT molecular complexity index is 1020. The highest BCUT2D eigenvalue weighted by Gasteiger charge is 2.48. The number of aromatic nitrogens is 2. The van der Waals surface area contributed by atoms with E-state index >= 15 is 0 Å². The van der Waals surface area contributed by atoms with Crippen molar-refractivity contribution in [2.24, 2.45) is 5.92 Å². The lowest BCUT2D eigenvalue weighted by atomic mass is 9.76. The van der Waals surface area contributed by atoms with E-state index in [0.29, 0.717) is 30.2 Å². The van der Waals surface area contributed by atoms with E-state index in [-0.39, 0.29) is 12.1 Å². The van der Waals surface area contributed by atoms with Crippen LogP contribution in [0.4, 0.5) is 11.8 Å². The van der Waals surface area contributed by atoms with Crippen molar-refractivity contribution in [1.29, 1.82) is 0 Å². The summed E-state index contributed by atoms with van der Waals surface area (Å²) >= 11 is 6.07. The molecule has 1 saturated heterocycles. The standard InChI is InChI=1S/C23H27ClN4O2S/c24-17-4-2-15(3-5-17)19-11-18-10-16(19)13-27(18)22-25-12-20-21(26-22)28(8-9-31(20)30)23(14-29)6-1-7-23/h2-5,12,16,18-19,29H,1,6-11,13-14H2. The van der Waals surface area contributed by atoms with Gasteiger partial charge in [-0.25, -0.2) is 4.98 Å². The van der Waals surface area contributed by atoms with E-state index in [9.17, 15) is 9.32 Å². The number of halogens is 1. The Hall–Kier alpha value is -1.70. The molecule has 4 unspecified atom stereocenters. The van der Waals surface area contributed by atoms with Gasteiger partial charge in [0.25, 0.3) is 0 Å². The lowest BCUT2D eigenvalue weighted by Crippen LogP contribution is -2.59. The summed E-state index contributed by atoms with van der Waals surface area (Å²) in [6.07, 6.45) is 7.08. The van der Waals surface area contributed by atoms with Crippen LogP contribution in [0.15, 0.2) is 35.4 Å². The molecule has 4 aliphatic rings. The summed E-state index contributed by atoms with van der Waals surface area (Å²) in [5, 5.41) is 10.9. The summed E-state index contributed by atoms with van der Waals surface area (Å²) in [5.74, 6) is 3.26. The molecular weight excluding hydrogens is 432 g/mol. The lowest BCUT2D eigenvalue weighted by Gasteiger charge is -2.51. The number of piperidine rings is 1. The van der Waals surface area contributed by atoms with Gasteiger partial charge in [0.05, 0.1) is 34.0 Å². The SMILES string of the molecule is O=S1CCN(C2(CO)CCC2)c2nc(N3CC4CC3CC4c3ccc(Cl)cc3)ncc21. The van der Waals surface area contributed by atoms with Crippen LogP contribution in [0, 0.1) is 5.92 Å². The van der Waals surface area contributed by atoms with Gasteiger partial charge in [-0.2, -0.15) is 4.98 Å². The monoisotopic (exact) mass is 458 g/mol. The van der Waals surface area contributed by atoms with Crippen molar-refractivity contribution < 1.29 is 9.32 Å². The first kappa shape index (κ1) is 19.9. The predicted molar refractivity (Wildman–Crippen MR) is 122 cm³/mol. The first-order valence-electron chi connectivity index (χ1n) is 11.2. The Kier molecular flexibility index (Phi) is 4.78. The molecule has 2 aromatic rings. The number of hydrogen-bond donors (Lipinski definition) is 1. The maximum Gasteiger partial charge on any atom is 0.227 e. The highest BCUT2D eigenvalue weighted by Crippen LogP contribution is 2.49. The van der Waals surface area contributed by atoms with E-state index in [1.54, 1.807) is 6.20 Å². The molecule has 2 saturated carbocycles. The van der Waals surface area contributed by atoms with Gasteiger partial charge in [0, 0.05) is 29.9 Å². The Balaban J connectivity index is 1.28. The topological polar surface area (TPSA) is 69.6 Å². The zero-order valence-corrected chi connectivity index (χ0v) is 19.0. The van der Waals surface area contributed by atoms with E-state index in [4.69, 9.17) is 16.6 Å². The molecule has 0 spiro atoms. The predicted octanol–water partition coefficient (Wildman–Crippen LogP) is 3.36. The van der Waals surface area contributed by atoms with Crippen LogP contribution in [0.3, 0.4) is 0 Å². The average molecular weight is 459 g/mol. The molecule has 2 aliphatic carbocycles. The van der Waals surface area contributed by atoms with E-state index < -0.39 is 10.8 Å². The molecule has 6 nitrogen and oxygen atoms in total. The fourth-order valence-corrected chi connectivity index (χ4v) is 7.34. The number of aliphatic hydroxyl groups excluding tert-OH is 1. The molecule has 6 rings (SSSR count). The Morgan fingerprint density at radius 1 is 1.23 bits per heavy atom. The van der Waals surface area contributed by atoms with Crippen LogP contribution in [0.25, 0.3) is 0 Å². The average Bonchev–Trinajstić information content (AvgIpc) is 3.36. The molecule has 2 bridgehead atoms. The highest BCUT2D eigenvalue weighted by atomic mass is 35.5. The van der Waals surface area contributed by atoms with Crippen LogP contribution in [0.5, 0.6) is 0 Å². The summed E-state index contributed by atoms with van der Waals surface area (Å²) in [7, 11) is -1.07. The number of rotatable bonds is 4. The summed E-state index contributed by atoms with van der Waals surface area (Å²) in [6.45, 7) is 1.75. The van der Waals surface area contributed by atoms with Crippen molar-refractivity contribution in [3.63, 3.8) is 0 Å². The van der Waals surface area contributed by atoms with Crippen LogP contribution in [0.1, 0.15) is 43.6 Å². The third-order valence-electron chi connectivity index (χ3n) is 7.97. The number of benzene rings is 1. The van der Waals surface area contributed by atoms with Crippen LogP contribution in [0.2, 0.25) is 5.02 Å². The molecule has 1 aromatic carbocycles. The van der Waals surface area contributed by atoms with Gasteiger partial charge in [-0.15, -0.1) is 0 Å². The van der Waals surface area contributed by atoms with Gasteiger partial charge < -0.3 is 14.9 Å². The van der Waals surface area contributed by atoms with E-state index in [1.165, 1.54) is 5.56 Å². The van der Waals surface area contributed by atoms with Crippen molar-refractivity contribution in [1.82, 2.24) is 9.97 Å². The molecular formula is C23H27ClN4O2S. The lowest BCUT2D eigenvalue weighted by molar-refractivity contribution is 0.115. The minimum atomic E-state index is -1.07. The minimum absolute atomic E-state index is 0.121. The molecule has 4 atom stereocenters. The summed E-state index contributed by atoms with van der Waals surface area (Å²) in [4.78, 5) is 14.9. The van der Waals surface area contributed by atoms with Gasteiger partial charge in [0.15, 0.2) is 5.82 Å². The number of aliphatic hydroxyl groups is 1. The molecule has 0 amide bonds. The van der Waals surface area contributed by atoms with Crippen molar-refractivity contribution in [3.05, 3.63) is 41.0 Å². The van der Waals surface area contributed by atoms with Gasteiger partial charge >= 0.3 is 0 Å². The van der Waals surface area contributed by atoms with Crippen molar-refractivity contribution >= 4 is 34.2 Å². The summed E-state index contributed by atoms with van der Waals surface area (Å²) < 4.78 is 12.7. The first-order chi connectivity index (χ1) is 15.1. The fourth-order valence-electron chi connectivity index (χ4n) is 6.11. The smallest absolute Gasteiger partial charge is 0.227 e. The van der Waals surface area contributed by atoms with E-state index in [0.717, 1.165) is 60.3 Å². The second-order valence-corrected chi connectivity index (χ2v) is 11.5. The third-order valence-corrected chi connectivity index (χ3v) is 9.56. The molecule has 164 valence electrons. The Morgan fingerprint density at radius 2 is 2.03 bits per heavy atom. The quantitative estimate of drug-likeness (QED) is 0.757. The first-order valence-corrected chi connectivity index (χ1v) is 12.9. The van der Waals surface area contributed by atoms with Gasteiger partial charge in [-0.3, -0.25) is 4.21 Å². The summed E-state index contributed by atoms with van der Waals surface area (Å²) in [5.41, 5.74) is 1.13. The third kappa shape index (κ3) is 3.11. The molecule has 3 fully saturated rings. The normalized spacial score (nSPS) is 30.9. The maximum absolute atomic E-state index is 12.7. The summed E-state index contributed by atoms with van der Waals surface area (Å²) in [6, 6.07) is 8.72. The highest BCUT2D eigenvalue weighted by molar-refractivity contribution is 7.85. The van der Waals surface area contributed by atoms with Crippen molar-refractivity contribution in [2.75, 3.05) is 35.2 Å². The zero-order valence-electron chi connectivity index (χ0n) is 17.4. The van der Waals surface area contributed by atoms with E-state index in [2.05, 4.69) is 26.9 Å². The molecule has 8 heteroatoms. The van der Waals surface area contributed by atoms with E-state index in [1.807, 2.05) is 12.1 Å². The fraction of sp³-hybridized carbons (Fsp3) is 0.565. The second kappa shape index (κ2) is 7.42. The largest absolute Gasteiger partial charge is 0.394 e. The van der Waals surface area contributed by atoms with Crippen LogP contribution >= 0.6 is 11.6 Å². The minimum Gasteiger partial charge on any atom is -0.394 e. The van der Waals surface area contributed by atoms with Gasteiger partial charge in [-0.05, 0) is 61.6 Å². The van der Waals surface area contributed by atoms with Crippen molar-refractivity contribution in [2.45, 2.75) is 54.5 Å². The number of anilines is 2. The molecule has 31 heavy (non-hydrogen) atoms. The van der Waals surface area contributed by atoms with Gasteiger partial charge in [-0.1, -0.05) is 23.7 Å². The van der Waals surface area contributed by atoms with Crippen LogP contribution < -0.4 is 9.80 Å². The van der Waals surface area contributed by atoms with Crippen molar-refractivity contribution in [3.8, 4) is 0 Å². The van der Waals surface area contributed by atoms with Crippen LogP contribution in [-0.4, -0.2) is 56.3 Å². The molecule has 1 N–H and O–H groups in total. The Labute approximate surface area is 190 Å². The molecule has 2 aliphatic heterocycles. The Morgan fingerprint density at radius 3 is 2.68 bits per heavy atom. The zero-order chi connectivity index (χ0) is 21.2.